The van der Waals surface area contributed by atoms with E-state index in [0.717, 1.165) is 11.1 Å². The average Bonchev–Trinajstić information content (AvgIpc) is 3.37. The number of rotatable bonds is 8. The number of thioether (sulfide) groups is 1. The highest BCUT2D eigenvalue weighted by atomic mass is 32.2. The molecule has 4 rings (SSSR count). The Kier molecular flexibility index (Phi) is 6.72. The van der Waals surface area contributed by atoms with Crippen LogP contribution in [0.15, 0.2) is 70.3 Å². The van der Waals surface area contributed by atoms with Gasteiger partial charge in [-0.25, -0.2) is 8.42 Å². The summed E-state index contributed by atoms with van der Waals surface area (Å²) < 4.78 is 28.8. The van der Waals surface area contributed by atoms with E-state index in [0.29, 0.717) is 24.0 Å². The van der Waals surface area contributed by atoms with E-state index < -0.39 is 9.84 Å². The number of hydrogen-bond donors (Lipinski definition) is 1. The summed E-state index contributed by atoms with van der Waals surface area (Å²) in [6, 6.07) is 19.4. The smallest absolute Gasteiger partial charge is 0.277 e. The first-order valence-corrected chi connectivity index (χ1v) is 12.8. The minimum absolute atomic E-state index is 0.0177. The molecule has 162 valence electrons. The Labute approximate surface area is 185 Å². The van der Waals surface area contributed by atoms with Crippen molar-refractivity contribution in [1.82, 2.24) is 15.5 Å². The first kappa shape index (κ1) is 21.6. The lowest BCUT2D eigenvalue weighted by atomic mass is 9.99. The van der Waals surface area contributed by atoms with E-state index in [1.807, 2.05) is 60.7 Å². The Morgan fingerprint density at radius 1 is 1.06 bits per heavy atom. The topological polar surface area (TPSA) is 102 Å². The molecule has 1 unspecified atom stereocenters. The zero-order chi connectivity index (χ0) is 21.7. The molecular formula is C22H23N3O4S2. The van der Waals surface area contributed by atoms with Crippen LogP contribution in [0.3, 0.4) is 0 Å². The highest BCUT2D eigenvalue weighted by molar-refractivity contribution is 7.99. The van der Waals surface area contributed by atoms with Crippen molar-refractivity contribution in [3.8, 4) is 0 Å². The minimum Gasteiger partial charge on any atom is -0.416 e. The van der Waals surface area contributed by atoms with Gasteiger partial charge in [-0.3, -0.25) is 4.79 Å². The quantitative estimate of drug-likeness (QED) is 0.519. The van der Waals surface area contributed by atoms with Crippen molar-refractivity contribution in [2.45, 2.75) is 24.1 Å². The van der Waals surface area contributed by atoms with Crippen molar-refractivity contribution in [3.05, 3.63) is 77.7 Å². The summed E-state index contributed by atoms with van der Waals surface area (Å²) in [4.78, 5) is 12.6. The molecule has 0 aliphatic carbocycles. The van der Waals surface area contributed by atoms with Gasteiger partial charge in [-0.05, 0) is 23.5 Å². The van der Waals surface area contributed by atoms with Crippen LogP contribution in [0, 0.1) is 5.92 Å². The predicted octanol–water partition coefficient (Wildman–Crippen LogP) is 3.04. The van der Waals surface area contributed by atoms with Gasteiger partial charge < -0.3 is 9.73 Å². The molecule has 1 aliphatic rings. The van der Waals surface area contributed by atoms with E-state index in [9.17, 15) is 13.2 Å². The van der Waals surface area contributed by atoms with Gasteiger partial charge in [-0.15, -0.1) is 10.2 Å². The third-order valence-corrected chi connectivity index (χ3v) is 7.79. The molecule has 2 aromatic carbocycles. The monoisotopic (exact) mass is 457 g/mol. The van der Waals surface area contributed by atoms with Crippen LogP contribution in [0.1, 0.15) is 29.5 Å². The maximum Gasteiger partial charge on any atom is 0.277 e. The predicted molar refractivity (Wildman–Crippen MR) is 118 cm³/mol. The summed E-state index contributed by atoms with van der Waals surface area (Å²) in [6.07, 6.45) is 1.07. The number of amides is 1. The number of benzene rings is 2. The van der Waals surface area contributed by atoms with Crippen molar-refractivity contribution in [3.63, 3.8) is 0 Å². The molecule has 0 bridgehead atoms. The Hall–Kier alpha value is -2.65. The Morgan fingerprint density at radius 2 is 1.71 bits per heavy atom. The van der Waals surface area contributed by atoms with Crippen molar-refractivity contribution in [2.75, 3.05) is 17.3 Å². The number of sulfone groups is 1. The molecule has 1 saturated heterocycles. The normalized spacial score (nSPS) is 17.6. The van der Waals surface area contributed by atoms with Gasteiger partial charge in [0, 0.05) is 6.42 Å². The van der Waals surface area contributed by atoms with Crippen LogP contribution in [0.25, 0.3) is 0 Å². The van der Waals surface area contributed by atoms with Gasteiger partial charge in [0.15, 0.2) is 9.84 Å². The fraction of sp³-hybridized carbons (Fsp3) is 0.318. The molecule has 1 aliphatic heterocycles. The summed E-state index contributed by atoms with van der Waals surface area (Å²) in [5.41, 5.74) is 2.00. The van der Waals surface area contributed by atoms with Crippen molar-refractivity contribution in [2.24, 2.45) is 5.92 Å². The van der Waals surface area contributed by atoms with Crippen LogP contribution in [0.4, 0.5) is 0 Å². The van der Waals surface area contributed by atoms with E-state index in [1.165, 1.54) is 11.8 Å². The van der Waals surface area contributed by atoms with Crippen LogP contribution >= 0.6 is 11.8 Å². The molecule has 0 spiro atoms. The molecule has 31 heavy (non-hydrogen) atoms. The van der Waals surface area contributed by atoms with Crippen molar-refractivity contribution >= 4 is 27.5 Å². The first-order valence-electron chi connectivity index (χ1n) is 10.0. The standard InChI is InChI=1S/C22H23N3O4S2/c26-19(23-21(17-7-3-1-4-8-17)18-9-5-2-6-10-18)14-30-22-25-24-20(29-22)13-16-11-12-31(27,28)15-16/h1-10,16,21H,11-15H2,(H,23,26). The summed E-state index contributed by atoms with van der Waals surface area (Å²) in [7, 11) is -2.94. The minimum atomic E-state index is -2.94. The summed E-state index contributed by atoms with van der Waals surface area (Å²) in [5, 5.41) is 11.4. The second-order valence-corrected chi connectivity index (χ2v) is 10.7. The Bertz CT molecular complexity index is 1080. The second-order valence-electron chi connectivity index (χ2n) is 7.55. The zero-order valence-corrected chi connectivity index (χ0v) is 18.4. The molecule has 9 heteroatoms. The summed E-state index contributed by atoms with van der Waals surface area (Å²) in [5.74, 6) is 0.804. The maximum absolute atomic E-state index is 12.6. The molecule has 1 atom stereocenters. The molecule has 1 N–H and O–H groups in total. The summed E-state index contributed by atoms with van der Waals surface area (Å²) >= 11 is 1.17. The number of carbonyl (C=O) groups excluding carboxylic acids is 1. The van der Waals surface area contributed by atoms with E-state index in [4.69, 9.17) is 4.42 Å². The first-order chi connectivity index (χ1) is 15.0. The molecule has 1 aromatic heterocycles. The molecule has 0 saturated carbocycles. The number of hydrogen-bond acceptors (Lipinski definition) is 7. The Balaban J connectivity index is 1.34. The lowest BCUT2D eigenvalue weighted by Gasteiger charge is -2.19. The van der Waals surface area contributed by atoms with Crippen LogP contribution in [0.5, 0.6) is 0 Å². The summed E-state index contributed by atoms with van der Waals surface area (Å²) in [6.45, 7) is 0. The number of nitrogens with zero attached hydrogens (tertiary/aromatic N) is 2. The lowest BCUT2D eigenvalue weighted by molar-refractivity contribution is -0.119. The molecule has 0 radical (unpaired) electrons. The van der Waals surface area contributed by atoms with E-state index in [1.54, 1.807) is 0 Å². The largest absolute Gasteiger partial charge is 0.416 e. The van der Waals surface area contributed by atoms with Gasteiger partial charge in [0.1, 0.15) is 0 Å². The van der Waals surface area contributed by atoms with Crippen molar-refractivity contribution < 1.29 is 17.6 Å². The fourth-order valence-electron chi connectivity index (χ4n) is 3.64. The molecule has 1 fully saturated rings. The SMILES string of the molecule is O=C(CSc1nnc(CC2CCS(=O)(=O)C2)o1)NC(c1ccccc1)c1ccccc1. The average molecular weight is 458 g/mol. The number of nitrogens with one attached hydrogen (secondary N) is 1. The van der Waals surface area contributed by atoms with E-state index in [-0.39, 0.29) is 35.1 Å². The van der Waals surface area contributed by atoms with Gasteiger partial charge in [0.05, 0.1) is 23.3 Å². The van der Waals surface area contributed by atoms with Gasteiger partial charge in [-0.1, -0.05) is 72.4 Å². The van der Waals surface area contributed by atoms with E-state index in [2.05, 4.69) is 15.5 Å². The van der Waals surface area contributed by atoms with E-state index >= 15 is 0 Å². The van der Waals surface area contributed by atoms with Gasteiger partial charge in [-0.2, -0.15) is 0 Å². The van der Waals surface area contributed by atoms with Gasteiger partial charge >= 0.3 is 0 Å². The molecule has 3 aromatic rings. The lowest BCUT2D eigenvalue weighted by Crippen LogP contribution is -2.30. The van der Waals surface area contributed by atoms with Crippen LogP contribution in [-0.2, 0) is 21.1 Å². The van der Waals surface area contributed by atoms with Crippen LogP contribution in [-0.4, -0.2) is 41.8 Å². The Morgan fingerprint density at radius 3 is 2.29 bits per heavy atom. The maximum atomic E-state index is 12.6. The number of aromatic nitrogens is 2. The zero-order valence-electron chi connectivity index (χ0n) is 16.8. The van der Waals surface area contributed by atoms with Crippen LogP contribution in [0.2, 0.25) is 0 Å². The third kappa shape index (κ3) is 5.95. The fourth-order valence-corrected chi connectivity index (χ4v) is 6.09. The van der Waals surface area contributed by atoms with Crippen molar-refractivity contribution in [1.29, 1.82) is 0 Å². The third-order valence-electron chi connectivity index (χ3n) is 5.14. The van der Waals surface area contributed by atoms with Crippen LogP contribution < -0.4 is 5.32 Å². The number of carbonyl (C=O) groups is 1. The second kappa shape index (κ2) is 9.65. The molecule has 7 nitrogen and oxygen atoms in total. The molecule has 2 heterocycles. The highest BCUT2D eigenvalue weighted by Gasteiger charge is 2.29. The highest BCUT2D eigenvalue weighted by Crippen LogP contribution is 2.25. The molecule has 1 amide bonds. The molecular weight excluding hydrogens is 434 g/mol. The van der Waals surface area contributed by atoms with Gasteiger partial charge in [0.25, 0.3) is 5.22 Å². The van der Waals surface area contributed by atoms with Gasteiger partial charge in [0.2, 0.25) is 11.8 Å².